The predicted octanol–water partition coefficient (Wildman–Crippen LogP) is 4.90. The zero-order valence-corrected chi connectivity index (χ0v) is 14.3. The molecule has 0 saturated heterocycles. The van der Waals surface area contributed by atoms with Crippen molar-refractivity contribution in [1.82, 2.24) is 5.32 Å². The lowest BCUT2D eigenvalue weighted by Gasteiger charge is -2.22. The first kappa shape index (κ1) is 16.5. The van der Waals surface area contributed by atoms with Gasteiger partial charge in [0.25, 0.3) is 0 Å². The number of rotatable bonds is 6. The lowest BCUT2D eigenvalue weighted by Crippen LogP contribution is -2.35. The molecule has 1 rings (SSSR count). The summed E-state index contributed by atoms with van der Waals surface area (Å²) in [5.41, 5.74) is 1.35. The van der Waals surface area contributed by atoms with E-state index >= 15 is 0 Å². The van der Waals surface area contributed by atoms with E-state index in [1.807, 2.05) is 6.07 Å². The molecule has 108 valence electrons. The van der Waals surface area contributed by atoms with Crippen molar-refractivity contribution in [3.8, 4) is 5.75 Å². The molecule has 0 radical (unpaired) electrons. The van der Waals surface area contributed by atoms with Crippen molar-refractivity contribution in [2.75, 3.05) is 0 Å². The molecule has 0 aliphatic rings. The van der Waals surface area contributed by atoms with Crippen LogP contribution in [0.3, 0.4) is 0 Å². The molecule has 2 nitrogen and oxygen atoms in total. The molecule has 0 spiro atoms. The third-order valence-corrected chi connectivity index (χ3v) is 3.81. The second-order valence-electron chi connectivity index (χ2n) is 5.91. The fourth-order valence-corrected chi connectivity index (χ4v) is 2.15. The molecule has 0 unspecified atom stereocenters. The number of halogens is 1. The van der Waals surface area contributed by atoms with Crippen LogP contribution in [-0.4, -0.2) is 11.6 Å². The van der Waals surface area contributed by atoms with E-state index in [1.165, 1.54) is 5.56 Å². The van der Waals surface area contributed by atoms with Crippen molar-refractivity contribution >= 4 is 15.9 Å². The Balaban J connectivity index is 2.76. The van der Waals surface area contributed by atoms with Crippen molar-refractivity contribution in [2.24, 2.45) is 0 Å². The van der Waals surface area contributed by atoms with E-state index in [0.717, 1.165) is 29.6 Å². The van der Waals surface area contributed by atoms with Crippen LogP contribution in [0.15, 0.2) is 22.7 Å². The number of benzene rings is 1. The highest BCUT2D eigenvalue weighted by molar-refractivity contribution is 9.10. The Bertz CT molecular complexity index is 394. The molecule has 0 fully saturated rings. The first-order chi connectivity index (χ1) is 8.85. The molecule has 0 atom stereocenters. The highest BCUT2D eigenvalue weighted by Crippen LogP contribution is 2.24. The standard InChI is InChI=1S/C16H26BrNO/c1-6-13(7-2)19-14-8-9-15(17)12(10-14)11-18-16(3,4)5/h8-10,13,18H,6-7,11H2,1-5H3. The number of nitrogens with one attached hydrogen (secondary N) is 1. The number of ether oxygens (including phenoxy) is 1. The van der Waals surface area contributed by atoms with Gasteiger partial charge in [0, 0.05) is 16.6 Å². The Morgan fingerprint density at radius 2 is 1.84 bits per heavy atom. The summed E-state index contributed by atoms with van der Waals surface area (Å²) >= 11 is 3.60. The molecule has 0 heterocycles. The van der Waals surface area contributed by atoms with Gasteiger partial charge < -0.3 is 10.1 Å². The minimum Gasteiger partial charge on any atom is -0.490 e. The smallest absolute Gasteiger partial charge is 0.120 e. The van der Waals surface area contributed by atoms with Crippen LogP contribution < -0.4 is 10.1 Å². The topological polar surface area (TPSA) is 21.3 Å². The molecule has 3 heteroatoms. The Hall–Kier alpha value is -0.540. The first-order valence-electron chi connectivity index (χ1n) is 7.05. The maximum absolute atomic E-state index is 5.99. The summed E-state index contributed by atoms with van der Waals surface area (Å²) < 4.78 is 7.12. The molecular formula is C16H26BrNO. The highest BCUT2D eigenvalue weighted by Gasteiger charge is 2.11. The van der Waals surface area contributed by atoms with Crippen LogP contribution in [0.25, 0.3) is 0 Å². The molecule has 1 N–H and O–H groups in total. The Kier molecular flexibility index (Phi) is 6.34. The Morgan fingerprint density at radius 3 is 2.37 bits per heavy atom. The van der Waals surface area contributed by atoms with Gasteiger partial charge in [-0.05, 0) is 57.4 Å². The molecule has 1 aromatic rings. The fraction of sp³-hybridized carbons (Fsp3) is 0.625. The average Bonchev–Trinajstić information content (AvgIpc) is 2.35. The molecular weight excluding hydrogens is 302 g/mol. The van der Waals surface area contributed by atoms with Gasteiger partial charge in [0.15, 0.2) is 0 Å². The Morgan fingerprint density at radius 1 is 1.21 bits per heavy atom. The van der Waals surface area contributed by atoms with Gasteiger partial charge >= 0.3 is 0 Å². The SMILES string of the molecule is CCC(CC)Oc1ccc(Br)c(CNC(C)(C)C)c1. The zero-order valence-electron chi connectivity index (χ0n) is 12.7. The average molecular weight is 328 g/mol. The monoisotopic (exact) mass is 327 g/mol. The molecule has 0 aromatic heterocycles. The minimum absolute atomic E-state index is 0.117. The Labute approximate surface area is 126 Å². The van der Waals surface area contributed by atoms with Crippen LogP contribution in [0.5, 0.6) is 5.75 Å². The summed E-state index contributed by atoms with van der Waals surface area (Å²) in [6.07, 6.45) is 2.40. The molecule has 0 aliphatic heterocycles. The van der Waals surface area contributed by atoms with E-state index < -0.39 is 0 Å². The third kappa shape index (κ3) is 5.96. The quantitative estimate of drug-likeness (QED) is 0.801. The van der Waals surface area contributed by atoms with Gasteiger partial charge in [-0.2, -0.15) is 0 Å². The molecule has 0 aliphatic carbocycles. The van der Waals surface area contributed by atoms with Crippen molar-refractivity contribution in [1.29, 1.82) is 0 Å². The van der Waals surface area contributed by atoms with Crippen molar-refractivity contribution in [3.05, 3.63) is 28.2 Å². The van der Waals surface area contributed by atoms with Crippen LogP contribution >= 0.6 is 15.9 Å². The van der Waals surface area contributed by atoms with Crippen molar-refractivity contribution < 1.29 is 4.74 Å². The summed E-state index contributed by atoms with van der Waals surface area (Å²) in [5, 5.41) is 3.50. The lowest BCUT2D eigenvalue weighted by molar-refractivity contribution is 0.192. The maximum atomic E-state index is 5.99. The van der Waals surface area contributed by atoms with Gasteiger partial charge in [-0.3, -0.25) is 0 Å². The van der Waals surface area contributed by atoms with Gasteiger partial charge in [-0.1, -0.05) is 29.8 Å². The van der Waals surface area contributed by atoms with Crippen LogP contribution in [0.1, 0.15) is 53.0 Å². The van der Waals surface area contributed by atoms with E-state index in [1.54, 1.807) is 0 Å². The predicted molar refractivity (Wildman–Crippen MR) is 85.7 cm³/mol. The maximum Gasteiger partial charge on any atom is 0.120 e. The van der Waals surface area contributed by atoms with Gasteiger partial charge in [0.1, 0.15) is 5.75 Å². The van der Waals surface area contributed by atoms with E-state index in [4.69, 9.17) is 4.74 Å². The van der Waals surface area contributed by atoms with Crippen LogP contribution in [0, 0.1) is 0 Å². The summed E-state index contributed by atoms with van der Waals surface area (Å²) in [6, 6.07) is 6.22. The van der Waals surface area contributed by atoms with Crippen LogP contribution in [0.4, 0.5) is 0 Å². The van der Waals surface area contributed by atoms with E-state index in [2.05, 4.69) is 68.0 Å². The van der Waals surface area contributed by atoms with E-state index in [-0.39, 0.29) is 5.54 Å². The van der Waals surface area contributed by atoms with E-state index in [9.17, 15) is 0 Å². The fourth-order valence-electron chi connectivity index (χ4n) is 1.77. The third-order valence-electron chi connectivity index (χ3n) is 3.04. The van der Waals surface area contributed by atoms with E-state index in [0.29, 0.717) is 6.10 Å². The lowest BCUT2D eigenvalue weighted by atomic mass is 10.1. The second kappa shape index (κ2) is 7.30. The summed E-state index contributed by atoms with van der Waals surface area (Å²) in [7, 11) is 0. The van der Waals surface area contributed by atoms with Gasteiger partial charge in [-0.15, -0.1) is 0 Å². The van der Waals surface area contributed by atoms with Crippen molar-refractivity contribution in [2.45, 2.75) is 65.6 Å². The van der Waals surface area contributed by atoms with Gasteiger partial charge in [0.2, 0.25) is 0 Å². The first-order valence-corrected chi connectivity index (χ1v) is 7.85. The summed E-state index contributed by atoms with van der Waals surface area (Å²) in [5.74, 6) is 0.961. The van der Waals surface area contributed by atoms with Gasteiger partial charge in [-0.25, -0.2) is 0 Å². The molecule has 0 amide bonds. The normalized spacial score (nSPS) is 11.9. The molecule has 0 bridgehead atoms. The van der Waals surface area contributed by atoms with Crippen molar-refractivity contribution in [3.63, 3.8) is 0 Å². The zero-order chi connectivity index (χ0) is 14.5. The number of hydrogen-bond donors (Lipinski definition) is 1. The molecule has 19 heavy (non-hydrogen) atoms. The molecule has 0 saturated carbocycles. The minimum atomic E-state index is 0.117. The largest absolute Gasteiger partial charge is 0.490 e. The summed E-state index contributed by atoms with van der Waals surface area (Å²) in [6.45, 7) is 11.7. The highest BCUT2D eigenvalue weighted by atomic mass is 79.9. The summed E-state index contributed by atoms with van der Waals surface area (Å²) in [4.78, 5) is 0. The van der Waals surface area contributed by atoms with Crippen LogP contribution in [-0.2, 0) is 6.54 Å². The second-order valence-corrected chi connectivity index (χ2v) is 6.77. The van der Waals surface area contributed by atoms with Crippen LogP contribution in [0.2, 0.25) is 0 Å². The number of hydrogen-bond acceptors (Lipinski definition) is 2. The van der Waals surface area contributed by atoms with Gasteiger partial charge in [0.05, 0.1) is 6.10 Å². The molecule has 1 aromatic carbocycles.